The number of halogens is 6. The summed E-state index contributed by atoms with van der Waals surface area (Å²) in [6.07, 6.45) is -2.18. The van der Waals surface area contributed by atoms with Gasteiger partial charge in [-0.15, -0.1) is 0 Å². The van der Waals surface area contributed by atoms with Gasteiger partial charge >= 0.3 is 18.4 Å². The normalized spacial score (nSPS) is 25.5. The van der Waals surface area contributed by atoms with E-state index in [0.29, 0.717) is 42.9 Å². The lowest BCUT2D eigenvalue weighted by atomic mass is 9.80. The van der Waals surface area contributed by atoms with Gasteiger partial charge in [0.25, 0.3) is 11.5 Å². The van der Waals surface area contributed by atoms with E-state index in [1.807, 2.05) is 6.08 Å². The Bertz CT molecular complexity index is 1450. The van der Waals surface area contributed by atoms with E-state index < -0.39 is 35.1 Å². The lowest BCUT2D eigenvalue weighted by molar-refractivity contribution is -0.376. The molecule has 2 fully saturated rings. The largest absolute Gasteiger partial charge is 0.457 e. The van der Waals surface area contributed by atoms with Crippen molar-refractivity contribution in [2.24, 2.45) is 11.8 Å². The molecule has 14 heteroatoms. The van der Waals surface area contributed by atoms with Crippen LogP contribution in [0.3, 0.4) is 0 Å². The number of benzene rings is 1. The average molecular weight is 629 g/mol. The first-order chi connectivity index (χ1) is 20.6. The Morgan fingerprint density at radius 1 is 1.07 bits per heavy atom. The highest BCUT2D eigenvalue weighted by Crippen LogP contribution is 2.50. The number of ether oxygens (including phenoxy) is 3. The zero-order valence-electron chi connectivity index (χ0n) is 23.7. The van der Waals surface area contributed by atoms with Crippen molar-refractivity contribution in [2.75, 3.05) is 13.3 Å². The number of urea groups is 1. The maximum Gasteiger partial charge on any atom is 0.430 e. The van der Waals surface area contributed by atoms with Crippen LogP contribution < -0.4 is 10.1 Å². The van der Waals surface area contributed by atoms with Crippen molar-refractivity contribution in [2.45, 2.75) is 63.0 Å². The molecule has 3 amide bonds. The number of fused-ring (bicyclic) bond motifs is 1. The van der Waals surface area contributed by atoms with Gasteiger partial charge in [-0.05, 0) is 74.1 Å². The molecule has 5 rings (SSSR count). The highest BCUT2D eigenvalue weighted by molar-refractivity contribution is 6.07. The number of alkyl halides is 6. The van der Waals surface area contributed by atoms with Gasteiger partial charge in [-0.2, -0.15) is 26.3 Å². The van der Waals surface area contributed by atoms with E-state index in [1.54, 1.807) is 38.2 Å². The fourth-order valence-electron chi connectivity index (χ4n) is 5.68. The maximum atomic E-state index is 13.4. The molecule has 2 N–H and O–H groups in total. The second-order valence-corrected chi connectivity index (χ2v) is 11.2. The summed E-state index contributed by atoms with van der Waals surface area (Å²) in [6, 6.07) is 1.65. The van der Waals surface area contributed by atoms with E-state index in [-0.39, 0.29) is 54.6 Å². The Morgan fingerprint density at radius 3 is 2.41 bits per heavy atom. The maximum absolute atomic E-state index is 13.4. The van der Waals surface area contributed by atoms with Crippen molar-refractivity contribution < 1.29 is 55.2 Å². The van der Waals surface area contributed by atoms with Crippen LogP contribution >= 0.6 is 0 Å². The van der Waals surface area contributed by atoms with Crippen LogP contribution in [-0.4, -0.2) is 53.2 Å². The molecule has 0 saturated carbocycles. The minimum absolute atomic E-state index is 0.0389. The summed E-state index contributed by atoms with van der Waals surface area (Å²) in [7, 11) is 0. The molecule has 4 aliphatic rings. The molecule has 238 valence electrons. The molecule has 44 heavy (non-hydrogen) atoms. The van der Waals surface area contributed by atoms with E-state index in [0.717, 1.165) is 11.0 Å². The number of hydrogen-bond acceptors (Lipinski definition) is 6. The van der Waals surface area contributed by atoms with Gasteiger partial charge in [0.05, 0.1) is 0 Å². The topological polar surface area (TPSA) is 97.3 Å². The Balaban J connectivity index is 1.26. The predicted molar refractivity (Wildman–Crippen MR) is 142 cm³/mol. The van der Waals surface area contributed by atoms with Crippen LogP contribution in [0.4, 0.5) is 31.1 Å². The van der Waals surface area contributed by atoms with E-state index >= 15 is 0 Å². The molecule has 1 aromatic carbocycles. The van der Waals surface area contributed by atoms with E-state index in [4.69, 9.17) is 14.2 Å². The van der Waals surface area contributed by atoms with Gasteiger partial charge in [0, 0.05) is 18.0 Å². The van der Waals surface area contributed by atoms with Crippen molar-refractivity contribution in [3.05, 3.63) is 77.0 Å². The number of nitrogens with one attached hydrogen (secondary N) is 1. The lowest BCUT2D eigenvalue weighted by Crippen LogP contribution is -2.53. The Kier molecular flexibility index (Phi) is 8.02. The molecular weight excluding hydrogens is 598 g/mol. The third-order valence-corrected chi connectivity index (χ3v) is 8.24. The number of amides is 3. The number of hydrogen-bond donors (Lipinski definition) is 2. The van der Waals surface area contributed by atoms with Crippen molar-refractivity contribution in [3.8, 4) is 5.75 Å². The van der Waals surface area contributed by atoms with Gasteiger partial charge < -0.3 is 24.6 Å². The Hall–Kier alpha value is -3.94. The minimum Gasteiger partial charge on any atom is -0.457 e. The van der Waals surface area contributed by atoms with Gasteiger partial charge in [0.1, 0.15) is 17.0 Å². The van der Waals surface area contributed by atoms with Crippen LogP contribution in [0, 0.1) is 11.8 Å². The molecule has 2 saturated heterocycles. The summed E-state index contributed by atoms with van der Waals surface area (Å²) < 4.78 is 97.0. The molecular formula is C30H30F6N2O6. The number of aryl methyl sites for hydroxylation is 1. The van der Waals surface area contributed by atoms with Crippen molar-refractivity contribution in [1.82, 2.24) is 10.2 Å². The molecule has 2 aliphatic heterocycles. The van der Waals surface area contributed by atoms with Crippen LogP contribution in [0.2, 0.25) is 0 Å². The number of carbonyl (C=O) groups is 2. The summed E-state index contributed by atoms with van der Waals surface area (Å²) in [5.41, 5.74) is -7.53. The molecule has 2 heterocycles. The molecule has 3 atom stereocenters. The first-order valence-corrected chi connectivity index (χ1v) is 14.0. The molecule has 0 spiro atoms. The summed E-state index contributed by atoms with van der Waals surface area (Å²) in [5.74, 6) is 0.455. The molecule has 0 bridgehead atoms. The summed E-state index contributed by atoms with van der Waals surface area (Å²) in [5, 5.41) is 12.6. The van der Waals surface area contributed by atoms with Gasteiger partial charge in [0.2, 0.25) is 6.79 Å². The standard InChI is InChI=1S/C30H30F6N2O6/c1-3-4-18-13-20(28(41,29(31,32)33)30(34,35)36)8-11-22(18)44-21-9-5-17(6-10-21)15-38-25(39)27(2,37-26(38)40)19-7-12-23-24(14-19)43-16-42-23/h5,8-14,17,19,41H,3-4,6-7,15-16H2,1-2H3,(H,37,40). The third-order valence-electron chi connectivity index (χ3n) is 8.24. The summed E-state index contributed by atoms with van der Waals surface area (Å²) in [4.78, 5) is 27.4. The van der Waals surface area contributed by atoms with Gasteiger partial charge in [-0.25, -0.2) is 4.79 Å². The number of aliphatic hydroxyl groups is 1. The summed E-state index contributed by atoms with van der Waals surface area (Å²) in [6.45, 7) is 3.52. The Morgan fingerprint density at radius 2 is 1.77 bits per heavy atom. The van der Waals surface area contributed by atoms with Gasteiger partial charge in [-0.3, -0.25) is 9.69 Å². The van der Waals surface area contributed by atoms with Crippen molar-refractivity contribution >= 4 is 11.9 Å². The first-order valence-electron chi connectivity index (χ1n) is 14.0. The predicted octanol–water partition coefficient (Wildman–Crippen LogP) is 5.89. The van der Waals surface area contributed by atoms with Gasteiger partial charge in [-0.1, -0.05) is 25.5 Å². The van der Waals surface area contributed by atoms with Crippen LogP contribution in [0.25, 0.3) is 0 Å². The van der Waals surface area contributed by atoms with Crippen molar-refractivity contribution in [3.63, 3.8) is 0 Å². The molecule has 8 nitrogen and oxygen atoms in total. The van der Waals surface area contributed by atoms with Crippen molar-refractivity contribution in [1.29, 1.82) is 0 Å². The number of rotatable bonds is 8. The van der Waals surface area contributed by atoms with Crippen LogP contribution in [0.15, 0.2) is 65.9 Å². The average Bonchev–Trinajstić information content (AvgIpc) is 3.51. The van der Waals surface area contributed by atoms with Crippen LogP contribution in [-0.2, 0) is 26.3 Å². The molecule has 2 aliphatic carbocycles. The number of carbonyl (C=O) groups excluding carboxylic acids is 2. The smallest absolute Gasteiger partial charge is 0.430 e. The molecule has 1 aromatic rings. The highest BCUT2D eigenvalue weighted by Gasteiger charge is 2.71. The lowest BCUT2D eigenvalue weighted by Gasteiger charge is -2.33. The van der Waals surface area contributed by atoms with Gasteiger partial charge in [0.15, 0.2) is 11.5 Å². The second kappa shape index (κ2) is 11.2. The zero-order valence-corrected chi connectivity index (χ0v) is 23.7. The fourth-order valence-corrected chi connectivity index (χ4v) is 5.68. The third kappa shape index (κ3) is 5.44. The minimum atomic E-state index is -6.00. The van der Waals surface area contributed by atoms with Crippen LogP contribution in [0.5, 0.6) is 5.75 Å². The SMILES string of the molecule is CCCc1cc(C(O)(C(F)(F)F)C(F)(F)F)ccc1OC1=CCC(CN2C(=O)NC(C)(C3C=C4OCOC4=CC3)C2=O)C=C1. The Labute approximate surface area is 248 Å². The summed E-state index contributed by atoms with van der Waals surface area (Å²) >= 11 is 0. The van der Waals surface area contributed by atoms with E-state index in [1.165, 1.54) is 0 Å². The van der Waals surface area contributed by atoms with Crippen LogP contribution in [0.1, 0.15) is 44.2 Å². The molecule has 0 radical (unpaired) electrons. The second-order valence-electron chi connectivity index (χ2n) is 11.2. The number of nitrogens with zero attached hydrogens (tertiary/aromatic N) is 1. The monoisotopic (exact) mass is 628 g/mol. The number of imide groups is 1. The molecule has 3 unspecified atom stereocenters. The molecule has 0 aromatic heterocycles. The highest BCUT2D eigenvalue weighted by atomic mass is 19.4. The van der Waals surface area contributed by atoms with E-state index in [2.05, 4.69) is 5.32 Å². The zero-order chi connectivity index (χ0) is 32.1. The quantitative estimate of drug-likeness (QED) is 0.275. The van der Waals surface area contributed by atoms with E-state index in [9.17, 15) is 41.0 Å². The fraction of sp³-hybridized carbons (Fsp3) is 0.467. The first kappa shape index (κ1) is 31.5. The number of allylic oxidation sites excluding steroid dienone is 3.